The topological polar surface area (TPSA) is 9.23 Å². The fourth-order valence-corrected chi connectivity index (χ4v) is 2.34. The molecule has 2 heteroatoms. The van der Waals surface area contributed by atoms with Crippen LogP contribution in [-0.4, -0.2) is 24.2 Å². The number of thioether (sulfide) groups is 1. The summed E-state index contributed by atoms with van der Waals surface area (Å²) in [5.74, 6) is 3.30. The van der Waals surface area contributed by atoms with Gasteiger partial charge in [-0.1, -0.05) is 13.8 Å². The van der Waals surface area contributed by atoms with Gasteiger partial charge in [0, 0.05) is 12.4 Å². The van der Waals surface area contributed by atoms with Gasteiger partial charge in [-0.3, -0.25) is 0 Å². The summed E-state index contributed by atoms with van der Waals surface area (Å²) < 4.78 is 5.51. The Bertz CT molecular complexity index is 97.7. The molecule has 0 amide bonds. The van der Waals surface area contributed by atoms with Gasteiger partial charge in [0.1, 0.15) is 0 Å². The molecule has 0 aliphatic carbocycles. The lowest BCUT2D eigenvalue weighted by Gasteiger charge is -2.09. The monoisotopic (exact) mass is 174 g/mol. The zero-order valence-electron chi connectivity index (χ0n) is 7.51. The highest BCUT2D eigenvalue weighted by molar-refractivity contribution is 7.99. The highest BCUT2D eigenvalue weighted by Crippen LogP contribution is 2.18. The van der Waals surface area contributed by atoms with E-state index in [0.29, 0.717) is 6.10 Å². The molecule has 0 saturated carbocycles. The number of rotatable bonds is 4. The normalized spacial score (nSPS) is 24.8. The van der Waals surface area contributed by atoms with Crippen molar-refractivity contribution in [1.82, 2.24) is 0 Å². The minimum absolute atomic E-state index is 0.568. The van der Waals surface area contributed by atoms with Crippen molar-refractivity contribution in [3.8, 4) is 0 Å². The van der Waals surface area contributed by atoms with Crippen LogP contribution in [0.5, 0.6) is 0 Å². The van der Waals surface area contributed by atoms with Crippen LogP contribution in [-0.2, 0) is 4.74 Å². The molecule has 0 radical (unpaired) electrons. The molecule has 0 spiro atoms. The second-order valence-electron chi connectivity index (χ2n) is 3.57. The van der Waals surface area contributed by atoms with Crippen molar-refractivity contribution < 1.29 is 4.74 Å². The minimum Gasteiger partial charge on any atom is -0.377 e. The summed E-state index contributed by atoms with van der Waals surface area (Å²) in [6, 6.07) is 0. The fourth-order valence-electron chi connectivity index (χ4n) is 1.21. The van der Waals surface area contributed by atoms with Crippen molar-refractivity contribution >= 4 is 11.8 Å². The average molecular weight is 174 g/mol. The van der Waals surface area contributed by atoms with Crippen LogP contribution in [0.25, 0.3) is 0 Å². The summed E-state index contributed by atoms with van der Waals surface area (Å²) in [5, 5.41) is 0. The molecule has 1 atom stereocenters. The molecule has 0 N–H and O–H groups in total. The maximum atomic E-state index is 5.51. The molecule has 1 aliphatic rings. The van der Waals surface area contributed by atoms with Gasteiger partial charge in [-0.15, -0.1) is 0 Å². The largest absolute Gasteiger partial charge is 0.377 e. The molecule has 11 heavy (non-hydrogen) atoms. The molecular weight excluding hydrogens is 156 g/mol. The Kier molecular flexibility index (Phi) is 4.31. The van der Waals surface area contributed by atoms with E-state index < -0.39 is 0 Å². The van der Waals surface area contributed by atoms with Gasteiger partial charge in [-0.25, -0.2) is 0 Å². The first-order chi connectivity index (χ1) is 5.29. The summed E-state index contributed by atoms with van der Waals surface area (Å²) in [4.78, 5) is 0. The van der Waals surface area contributed by atoms with E-state index in [1.807, 2.05) is 11.8 Å². The van der Waals surface area contributed by atoms with Crippen LogP contribution in [0.4, 0.5) is 0 Å². The van der Waals surface area contributed by atoms with Crippen LogP contribution in [0.3, 0.4) is 0 Å². The molecule has 0 bridgehead atoms. The van der Waals surface area contributed by atoms with E-state index in [9.17, 15) is 0 Å². The Morgan fingerprint density at radius 1 is 1.55 bits per heavy atom. The zero-order chi connectivity index (χ0) is 8.10. The van der Waals surface area contributed by atoms with E-state index in [1.54, 1.807) is 0 Å². The van der Waals surface area contributed by atoms with E-state index in [0.717, 1.165) is 12.5 Å². The van der Waals surface area contributed by atoms with Gasteiger partial charge in [-0.2, -0.15) is 11.8 Å². The van der Waals surface area contributed by atoms with Crippen molar-refractivity contribution in [1.29, 1.82) is 0 Å². The van der Waals surface area contributed by atoms with E-state index in [-0.39, 0.29) is 0 Å². The van der Waals surface area contributed by atoms with Gasteiger partial charge in [0.2, 0.25) is 0 Å². The molecule has 1 fully saturated rings. The fraction of sp³-hybridized carbons (Fsp3) is 1.00. The van der Waals surface area contributed by atoms with Gasteiger partial charge >= 0.3 is 0 Å². The number of ether oxygens (including phenoxy) is 1. The van der Waals surface area contributed by atoms with Crippen molar-refractivity contribution in [3.05, 3.63) is 0 Å². The average Bonchev–Trinajstić information content (AvgIpc) is 2.39. The van der Waals surface area contributed by atoms with Crippen LogP contribution in [0.15, 0.2) is 0 Å². The van der Waals surface area contributed by atoms with Gasteiger partial charge in [0.05, 0.1) is 6.10 Å². The Morgan fingerprint density at radius 3 is 2.91 bits per heavy atom. The van der Waals surface area contributed by atoms with E-state index in [1.165, 1.54) is 24.3 Å². The third-order valence-electron chi connectivity index (χ3n) is 1.78. The predicted octanol–water partition coefficient (Wildman–Crippen LogP) is 2.55. The Hall–Kier alpha value is 0.310. The van der Waals surface area contributed by atoms with Gasteiger partial charge in [0.15, 0.2) is 0 Å². The predicted molar refractivity (Wildman–Crippen MR) is 51.1 cm³/mol. The second kappa shape index (κ2) is 5.04. The number of hydrogen-bond acceptors (Lipinski definition) is 2. The van der Waals surface area contributed by atoms with Crippen LogP contribution in [0.2, 0.25) is 0 Å². The van der Waals surface area contributed by atoms with Gasteiger partial charge in [-0.05, 0) is 24.5 Å². The zero-order valence-corrected chi connectivity index (χ0v) is 8.32. The van der Waals surface area contributed by atoms with Crippen molar-refractivity contribution in [3.63, 3.8) is 0 Å². The van der Waals surface area contributed by atoms with Crippen molar-refractivity contribution in [2.45, 2.75) is 32.8 Å². The first-order valence-electron chi connectivity index (χ1n) is 4.48. The maximum Gasteiger partial charge on any atom is 0.0666 e. The lowest BCUT2D eigenvalue weighted by molar-refractivity contribution is 0.129. The van der Waals surface area contributed by atoms with E-state index >= 15 is 0 Å². The molecule has 0 aromatic rings. The maximum absolute atomic E-state index is 5.51. The van der Waals surface area contributed by atoms with Crippen LogP contribution in [0, 0.1) is 5.92 Å². The van der Waals surface area contributed by atoms with Gasteiger partial charge in [0.25, 0.3) is 0 Å². The summed E-state index contributed by atoms with van der Waals surface area (Å²) in [5.41, 5.74) is 0. The third-order valence-corrected chi connectivity index (χ3v) is 3.29. The second-order valence-corrected chi connectivity index (χ2v) is 4.64. The Morgan fingerprint density at radius 2 is 2.36 bits per heavy atom. The first-order valence-corrected chi connectivity index (χ1v) is 5.64. The summed E-state index contributed by atoms with van der Waals surface area (Å²) in [6.45, 7) is 5.53. The highest BCUT2D eigenvalue weighted by atomic mass is 32.2. The highest BCUT2D eigenvalue weighted by Gasteiger charge is 2.14. The molecule has 1 saturated heterocycles. The molecule has 1 nitrogen and oxygen atoms in total. The van der Waals surface area contributed by atoms with Crippen molar-refractivity contribution in [2.24, 2.45) is 5.92 Å². The number of hydrogen-bond donors (Lipinski definition) is 0. The Balaban J connectivity index is 1.94. The Labute approximate surface area is 73.9 Å². The molecule has 66 valence electrons. The molecule has 1 heterocycles. The summed E-state index contributed by atoms with van der Waals surface area (Å²) >= 11 is 2.03. The van der Waals surface area contributed by atoms with Gasteiger partial charge < -0.3 is 4.74 Å². The quantitative estimate of drug-likeness (QED) is 0.648. The summed E-state index contributed by atoms with van der Waals surface area (Å²) in [6.07, 6.45) is 3.12. The SMILES string of the molecule is CC(C)CSCC1CCCO1. The lowest BCUT2D eigenvalue weighted by Crippen LogP contribution is -2.09. The third kappa shape index (κ3) is 4.02. The van der Waals surface area contributed by atoms with E-state index in [4.69, 9.17) is 4.74 Å². The van der Waals surface area contributed by atoms with E-state index in [2.05, 4.69) is 13.8 Å². The smallest absolute Gasteiger partial charge is 0.0666 e. The van der Waals surface area contributed by atoms with Crippen molar-refractivity contribution in [2.75, 3.05) is 18.1 Å². The summed E-state index contributed by atoms with van der Waals surface area (Å²) in [7, 11) is 0. The van der Waals surface area contributed by atoms with Crippen LogP contribution < -0.4 is 0 Å². The molecule has 1 unspecified atom stereocenters. The standard InChI is InChI=1S/C9H18OS/c1-8(2)6-11-7-9-4-3-5-10-9/h8-9H,3-7H2,1-2H3. The molecule has 1 aliphatic heterocycles. The first kappa shape index (κ1) is 9.40. The van der Waals surface area contributed by atoms with Crippen LogP contribution in [0.1, 0.15) is 26.7 Å². The molecule has 0 aromatic carbocycles. The molecule has 1 rings (SSSR count). The van der Waals surface area contributed by atoms with Crippen LogP contribution >= 0.6 is 11.8 Å². The molecule has 0 aromatic heterocycles. The lowest BCUT2D eigenvalue weighted by atomic mass is 10.3. The minimum atomic E-state index is 0.568. The molecular formula is C9H18OS.